The van der Waals surface area contributed by atoms with E-state index in [0.717, 1.165) is 0 Å². The SMILES string of the molecule is O=C(O)C1=C(CBr)NC(c2nccs2)=N[C@H]1c1ccc(F)cc1Br. The van der Waals surface area contributed by atoms with Crippen molar-refractivity contribution in [1.29, 1.82) is 0 Å². The lowest BCUT2D eigenvalue weighted by molar-refractivity contribution is -0.133. The van der Waals surface area contributed by atoms with Crippen LogP contribution in [0.25, 0.3) is 0 Å². The molecule has 24 heavy (non-hydrogen) atoms. The summed E-state index contributed by atoms with van der Waals surface area (Å²) in [6.07, 6.45) is 1.65. The average molecular weight is 475 g/mol. The molecule has 9 heteroatoms. The molecule has 0 unspecified atom stereocenters. The predicted molar refractivity (Wildman–Crippen MR) is 97.1 cm³/mol. The topological polar surface area (TPSA) is 74.6 Å². The highest BCUT2D eigenvalue weighted by Crippen LogP contribution is 2.36. The van der Waals surface area contributed by atoms with Crippen molar-refractivity contribution in [1.82, 2.24) is 10.3 Å². The summed E-state index contributed by atoms with van der Waals surface area (Å²) in [4.78, 5) is 20.5. The number of aromatic nitrogens is 1. The van der Waals surface area contributed by atoms with Gasteiger partial charge in [0.05, 0.1) is 5.57 Å². The van der Waals surface area contributed by atoms with Crippen LogP contribution in [-0.4, -0.2) is 27.2 Å². The number of alkyl halides is 1. The van der Waals surface area contributed by atoms with E-state index in [9.17, 15) is 14.3 Å². The Morgan fingerprint density at radius 3 is 2.83 bits per heavy atom. The maximum absolute atomic E-state index is 13.4. The molecular weight excluding hydrogens is 465 g/mol. The van der Waals surface area contributed by atoms with Crippen LogP contribution in [0, 0.1) is 5.82 Å². The largest absolute Gasteiger partial charge is 0.478 e. The number of nitrogens with one attached hydrogen (secondary N) is 1. The average Bonchev–Trinajstić information content (AvgIpc) is 3.08. The van der Waals surface area contributed by atoms with Gasteiger partial charge in [0.2, 0.25) is 0 Å². The molecule has 1 aliphatic heterocycles. The van der Waals surface area contributed by atoms with Crippen LogP contribution in [-0.2, 0) is 4.79 Å². The normalized spacial score (nSPS) is 17.5. The molecule has 1 aliphatic rings. The van der Waals surface area contributed by atoms with Crippen molar-refractivity contribution in [3.8, 4) is 0 Å². The summed E-state index contributed by atoms with van der Waals surface area (Å²) >= 11 is 8.01. The first kappa shape index (κ1) is 17.2. The summed E-state index contributed by atoms with van der Waals surface area (Å²) in [6.45, 7) is 0. The number of nitrogens with zero attached hydrogens (tertiary/aromatic N) is 2. The Hall–Kier alpha value is -1.58. The molecule has 2 heterocycles. The van der Waals surface area contributed by atoms with E-state index >= 15 is 0 Å². The molecule has 1 aromatic carbocycles. The Balaban J connectivity index is 2.17. The van der Waals surface area contributed by atoms with E-state index < -0.39 is 17.8 Å². The van der Waals surface area contributed by atoms with Gasteiger partial charge < -0.3 is 10.4 Å². The molecule has 1 aromatic heterocycles. The highest BCUT2D eigenvalue weighted by molar-refractivity contribution is 9.10. The van der Waals surface area contributed by atoms with Gasteiger partial charge in [-0.25, -0.2) is 14.2 Å². The van der Waals surface area contributed by atoms with Crippen LogP contribution in [0.5, 0.6) is 0 Å². The molecule has 0 saturated heterocycles. The number of hydrogen-bond acceptors (Lipinski definition) is 5. The standard InChI is InChI=1S/C15H10Br2FN3O2S/c16-6-10-11(15(22)23)12(8-2-1-7(18)5-9(8)17)21-13(20-10)14-19-3-4-24-14/h1-5,12H,6H2,(H,20,21)(H,22,23)/t12-/m0/s1. The molecule has 0 spiro atoms. The van der Waals surface area contributed by atoms with Crippen LogP contribution >= 0.6 is 43.2 Å². The third kappa shape index (κ3) is 3.28. The van der Waals surface area contributed by atoms with Crippen LogP contribution in [0.2, 0.25) is 0 Å². The number of carbonyl (C=O) groups is 1. The van der Waals surface area contributed by atoms with Crippen molar-refractivity contribution in [2.45, 2.75) is 6.04 Å². The lowest BCUT2D eigenvalue weighted by atomic mass is 9.96. The zero-order valence-electron chi connectivity index (χ0n) is 12.0. The van der Waals surface area contributed by atoms with E-state index in [0.29, 0.717) is 31.9 Å². The second-order valence-electron chi connectivity index (χ2n) is 4.84. The van der Waals surface area contributed by atoms with Gasteiger partial charge in [-0.2, -0.15) is 0 Å². The van der Waals surface area contributed by atoms with Crippen molar-refractivity contribution < 1.29 is 14.3 Å². The summed E-state index contributed by atoms with van der Waals surface area (Å²) < 4.78 is 13.9. The highest BCUT2D eigenvalue weighted by Gasteiger charge is 2.32. The lowest BCUT2D eigenvalue weighted by Gasteiger charge is -2.25. The monoisotopic (exact) mass is 473 g/mol. The molecule has 2 aromatic rings. The van der Waals surface area contributed by atoms with Crippen molar-refractivity contribution in [2.24, 2.45) is 4.99 Å². The Bertz CT molecular complexity index is 852. The minimum atomic E-state index is -1.08. The number of aliphatic carboxylic acids is 1. The zero-order valence-corrected chi connectivity index (χ0v) is 16.0. The van der Waals surface area contributed by atoms with Gasteiger partial charge in [-0.05, 0) is 17.7 Å². The van der Waals surface area contributed by atoms with Gasteiger partial charge >= 0.3 is 5.97 Å². The zero-order chi connectivity index (χ0) is 17.3. The first-order chi connectivity index (χ1) is 11.5. The molecule has 5 nitrogen and oxygen atoms in total. The summed E-state index contributed by atoms with van der Waals surface area (Å²) in [7, 11) is 0. The fourth-order valence-electron chi connectivity index (χ4n) is 2.35. The van der Waals surface area contributed by atoms with Gasteiger partial charge in [-0.1, -0.05) is 37.9 Å². The minimum Gasteiger partial charge on any atom is -0.478 e. The quantitative estimate of drug-likeness (QED) is 0.659. The van der Waals surface area contributed by atoms with Crippen molar-refractivity contribution in [3.05, 3.63) is 61.9 Å². The van der Waals surface area contributed by atoms with Crippen molar-refractivity contribution in [2.75, 3.05) is 5.33 Å². The molecule has 0 bridgehead atoms. The van der Waals surface area contributed by atoms with Crippen LogP contribution in [0.15, 0.2) is 50.5 Å². The first-order valence-corrected chi connectivity index (χ1v) is 9.52. The summed E-state index contributed by atoms with van der Waals surface area (Å²) in [6, 6.07) is 3.34. The Morgan fingerprint density at radius 1 is 1.46 bits per heavy atom. The maximum Gasteiger partial charge on any atom is 0.335 e. The lowest BCUT2D eigenvalue weighted by Crippen LogP contribution is -2.34. The van der Waals surface area contributed by atoms with E-state index in [1.54, 1.807) is 6.20 Å². The summed E-state index contributed by atoms with van der Waals surface area (Å²) in [5.74, 6) is -1.00. The fourth-order valence-corrected chi connectivity index (χ4v) is 3.95. The maximum atomic E-state index is 13.4. The Labute approximate surface area is 157 Å². The van der Waals surface area contributed by atoms with Crippen LogP contribution in [0.4, 0.5) is 4.39 Å². The highest BCUT2D eigenvalue weighted by atomic mass is 79.9. The van der Waals surface area contributed by atoms with E-state index in [1.807, 2.05) is 5.38 Å². The second-order valence-corrected chi connectivity index (χ2v) is 7.15. The second kappa shape index (κ2) is 7.12. The molecule has 0 saturated carbocycles. The Kier molecular flexibility index (Phi) is 5.12. The van der Waals surface area contributed by atoms with Crippen molar-refractivity contribution >= 4 is 55.0 Å². The summed E-state index contributed by atoms with van der Waals surface area (Å²) in [5.41, 5.74) is 1.17. The van der Waals surface area contributed by atoms with Crippen LogP contribution in [0.3, 0.4) is 0 Å². The molecular formula is C15H10Br2FN3O2S. The number of hydrogen-bond donors (Lipinski definition) is 2. The number of rotatable bonds is 4. The molecule has 0 amide bonds. The van der Waals surface area contributed by atoms with E-state index in [1.165, 1.54) is 29.5 Å². The number of allylic oxidation sites excluding steroid dienone is 1. The van der Waals surface area contributed by atoms with Crippen LogP contribution < -0.4 is 5.32 Å². The number of amidine groups is 1. The summed E-state index contributed by atoms with van der Waals surface area (Å²) in [5, 5.41) is 15.5. The molecule has 0 radical (unpaired) electrons. The van der Waals surface area contributed by atoms with Gasteiger partial charge in [0, 0.05) is 27.1 Å². The van der Waals surface area contributed by atoms with Crippen LogP contribution in [0.1, 0.15) is 16.6 Å². The molecule has 3 rings (SSSR count). The molecule has 2 N–H and O–H groups in total. The van der Waals surface area contributed by atoms with Gasteiger partial charge in [0.15, 0.2) is 10.8 Å². The van der Waals surface area contributed by atoms with E-state index in [2.05, 4.69) is 47.2 Å². The van der Waals surface area contributed by atoms with Crippen molar-refractivity contribution in [3.63, 3.8) is 0 Å². The first-order valence-electron chi connectivity index (χ1n) is 6.73. The number of thiazole rings is 1. The molecule has 124 valence electrons. The van der Waals surface area contributed by atoms with Gasteiger partial charge in [0.25, 0.3) is 0 Å². The Morgan fingerprint density at radius 2 is 2.25 bits per heavy atom. The number of aliphatic imine (C=N–C) groups is 1. The fraction of sp³-hybridized carbons (Fsp3) is 0.133. The van der Waals surface area contributed by atoms with E-state index in [4.69, 9.17) is 0 Å². The third-order valence-electron chi connectivity index (χ3n) is 3.38. The van der Waals surface area contributed by atoms with E-state index in [-0.39, 0.29) is 5.57 Å². The minimum absolute atomic E-state index is 0.111. The smallest absolute Gasteiger partial charge is 0.335 e. The number of benzene rings is 1. The number of carboxylic acid groups (broad SMARTS) is 1. The predicted octanol–water partition coefficient (Wildman–Crippen LogP) is 3.87. The van der Waals surface area contributed by atoms with Gasteiger partial charge in [0.1, 0.15) is 11.9 Å². The number of carboxylic acids is 1. The van der Waals surface area contributed by atoms with Gasteiger partial charge in [-0.15, -0.1) is 11.3 Å². The molecule has 0 aliphatic carbocycles. The van der Waals surface area contributed by atoms with Gasteiger partial charge in [-0.3, -0.25) is 4.99 Å². The molecule has 1 atom stereocenters. The molecule has 0 fully saturated rings. The number of halogens is 3. The third-order valence-corrected chi connectivity index (χ3v) is 5.41.